The number of benzene rings is 1. The van der Waals surface area contributed by atoms with Crippen molar-refractivity contribution in [3.05, 3.63) is 58.3 Å². The number of furan rings is 1. The number of hydrogen-bond acceptors (Lipinski definition) is 4. The van der Waals surface area contributed by atoms with Crippen molar-refractivity contribution in [2.75, 3.05) is 26.2 Å². The van der Waals surface area contributed by atoms with Gasteiger partial charge in [-0.1, -0.05) is 12.1 Å². The van der Waals surface area contributed by atoms with E-state index in [1.807, 2.05) is 0 Å². The van der Waals surface area contributed by atoms with Crippen molar-refractivity contribution in [3.8, 4) is 0 Å². The Bertz CT molecular complexity index is 981. The molecule has 1 aromatic heterocycles. The predicted octanol–water partition coefficient (Wildman–Crippen LogP) is 3.23. The SMILES string of the molecule is Cc1c(C(=O)N2CCCN(C(=O)c3ccccc3F)CC2)oc2c1C(=O)CCC2. The molecule has 2 aliphatic rings. The van der Waals surface area contributed by atoms with E-state index < -0.39 is 5.82 Å². The maximum Gasteiger partial charge on any atom is 0.289 e. The second-order valence-corrected chi connectivity index (χ2v) is 7.55. The molecule has 1 saturated heterocycles. The predicted molar refractivity (Wildman–Crippen MR) is 104 cm³/mol. The monoisotopic (exact) mass is 398 g/mol. The van der Waals surface area contributed by atoms with Crippen molar-refractivity contribution in [3.63, 3.8) is 0 Å². The van der Waals surface area contributed by atoms with Crippen molar-refractivity contribution in [1.29, 1.82) is 0 Å². The standard InChI is InChI=1S/C22H23FN2O4/c1-14-19-17(26)8-4-9-18(19)29-20(14)22(28)25-11-5-10-24(12-13-25)21(27)15-6-2-3-7-16(15)23/h2-3,6-7H,4-5,8-13H2,1H3. The maximum atomic E-state index is 14.0. The van der Waals surface area contributed by atoms with Crippen LogP contribution < -0.4 is 0 Å². The molecule has 7 heteroatoms. The summed E-state index contributed by atoms with van der Waals surface area (Å²) in [6.07, 6.45) is 2.48. The average molecular weight is 398 g/mol. The number of fused-ring (bicyclic) bond motifs is 1. The normalized spacial score (nSPS) is 17.1. The second kappa shape index (κ2) is 7.81. The summed E-state index contributed by atoms with van der Waals surface area (Å²) in [5.41, 5.74) is 1.21. The Morgan fingerprint density at radius 3 is 2.34 bits per heavy atom. The summed E-state index contributed by atoms with van der Waals surface area (Å²) in [5.74, 6) is -0.315. The molecule has 1 aliphatic heterocycles. The second-order valence-electron chi connectivity index (χ2n) is 7.55. The van der Waals surface area contributed by atoms with Crippen molar-refractivity contribution in [2.24, 2.45) is 0 Å². The molecule has 0 N–H and O–H groups in total. The number of ketones is 1. The first-order chi connectivity index (χ1) is 14.0. The highest BCUT2D eigenvalue weighted by atomic mass is 19.1. The van der Waals surface area contributed by atoms with Gasteiger partial charge in [0.1, 0.15) is 11.6 Å². The molecule has 1 aliphatic carbocycles. The maximum absolute atomic E-state index is 14.0. The summed E-state index contributed by atoms with van der Waals surface area (Å²) >= 11 is 0. The van der Waals surface area contributed by atoms with Crippen LogP contribution in [0.25, 0.3) is 0 Å². The summed E-state index contributed by atoms with van der Waals surface area (Å²) in [6.45, 7) is 3.32. The summed E-state index contributed by atoms with van der Waals surface area (Å²) in [6, 6.07) is 5.92. The molecule has 0 spiro atoms. The number of hydrogen-bond donors (Lipinski definition) is 0. The first kappa shape index (κ1) is 19.4. The van der Waals surface area contributed by atoms with Crippen LogP contribution in [-0.4, -0.2) is 53.6 Å². The van der Waals surface area contributed by atoms with E-state index in [2.05, 4.69) is 0 Å². The van der Waals surface area contributed by atoms with Crippen LogP contribution >= 0.6 is 0 Å². The highest BCUT2D eigenvalue weighted by Gasteiger charge is 2.32. The zero-order chi connectivity index (χ0) is 20.5. The summed E-state index contributed by atoms with van der Waals surface area (Å²) < 4.78 is 19.7. The lowest BCUT2D eigenvalue weighted by atomic mass is 9.94. The van der Waals surface area contributed by atoms with Gasteiger partial charge in [0.2, 0.25) is 0 Å². The molecule has 29 heavy (non-hydrogen) atoms. The molecule has 0 saturated carbocycles. The quantitative estimate of drug-likeness (QED) is 0.779. The van der Waals surface area contributed by atoms with Crippen molar-refractivity contribution in [1.82, 2.24) is 9.80 Å². The highest BCUT2D eigenvalue weighted by molar-refractivity contribution is 6.03. The number of Topliss-reactive ketones (excluding diaryl/α,β-unsaturated/α-hetero) is 1. The Hall–Kier alpha value is -2.96. The zero-order valence-corrected chi connectivity index (χ0v) is 16.4. The molecule has 1 fully saturated rings. The molecule has 2 amide bonds. The van der Waals surface area contributed by atoms with E-state index in [1.165, 1.54) is 12.1 Å². The third kappa shape index (κ3) is 3.57. The first-order valence-electron chi connectivity index (χ1n) is 9.96. The number of amides is 2. The Kier molecular flexibility index (Phi) is 5.22. The molecule has 0 atom stereocenters. The van der Waals surface area contributed by atoms with Gasteiger partial charge in [0, 0.05) is 44.6 Å². The van der Waals surface area contributed by atoms with Crippen LogP contribution in [0, 0.1) is 12.7 Å². The van der Waals surface area contributed by atoms with E-state index in [1.54, 1.807) is 28.9 Å². The summed E-state index contributed by atoms with van der Waals surface area (Å²) in [5, 5.41) is 0. The van der Waals surface area contributed by atoms with E-state index in [4.69, 9.17) is 4.42 Å². The minimum Gasteiger partial charge on any atom is -0.455 e. The zero-order valence-electron chi connectivity index (χ0n) is 16.4. The Morgan fingerprint density at radius 1 is 0.966 bits per heavy atom. The van der Waals surface area contributed by atoms with Gasteiger partial charge in [-0.2, -0.15) is 0 Å². The van der Waals surface area contributed by atoms with Crippen LogP contribution in [0.4, 0.5) is 4.39 Å². The number of carbonyl (C=O) groups excluding carboxylic acids is 3. The van der Waals surface area contributed by atoms with Crippen molar-refractivity contribution < 1.29 is 23.2 Å². The highest BCUT2D eigenvalue weighted by Crippen LogP contribution is 2.30. The number of halogens is 1. The summed E-state index contributed by atoms with van der Waals surface area (Å²) in [7, 11) is 0. The molecule has 0 bridgehead atoms. The molecule has 1 aromatic carbocycles. The van der Waals surface area contributed by atoms with Gasteiger partial charge in [0.25, 0.3) is 11.8 Å². The minimum atomic E-state index is -0.545. The lowest BCUT2D eigenvalue weighted by molar-refractivity contribution is 0.0696. The molecule has 0 radical (unpaired) electrons. The first-order valence-corrected chi connectivity index (χ1v) is 9.96. The molecular weight excluding hydrogens is 375 g/mol. The topological polar surface area (TPSA) is 70.8 Å². The number of carbonyl (C=O) groups is 3. The fourth-order valence-corrected chi connectivity index (χ4v) is 4.12. The number of aryl methyl sites for hydroxylation is 1. The lowest BCUT2D eigenvalue weighted by Gasteiger charge is -2.22. The van der Waals surface area contributed by atoms with Crippen LogP contribution in [0.1, 0.15) is 61.9 Å². The van der Waals surface area contributed by atoms with Gasteiger partial charge in [-0.3, -0.25) is 14.4 Å². The summed E-state index contributed by atoms with van der Waals surface area (Å²) in [4.78, 5) is 41.1. The van der Waals surface area contributed by atoms with E-state index in [0.29, 0.717) is 62.3 Å². The third-order valence-corrected chi connectivity index (χ3v) is 5.68. The van der Waals surface area contributed by atoms with Crippen molar-refractivity contribution in [2.45, 2.75) is 32.6 Å². The third-order valence-electron chi connectivity index (χ3n) is 5.68. The Labute approximate surface area is 168 Å². The molecule has 6 nitrogen and oxygen atoms in total. The molecule has 152 valence electrons. The van der Waals surface area contributed by atoms with Gasteiger partial charge < -0.3 is 14.2 Å². The van der Waals surface area contributed by atoms with Crippen molar-refractivity contribution >= 4 is 17.6 Å². The van der Waals surface area contributed by atoms with E-state index in [0.717, 1.165) is 6.42 Å². The smallest absolute Gasteiger partial charge is 0.289 e. The van der Waals surface area contributed by atoms with Gasteiger partial charge in [-0.15, -0.1) is 0 Å². The van der Waals surface area contributed by atoms with Gasteiger partial charge >= 0.3 is 0 Å². The van der Waals surface area contributed by atoms with Gasteiger partial charge in [-0.05, 0) is 31.9 Å². The van der Waals surface area contributed by atoms with E-state index in [9.17, 15) is 18.8 Å². The molecular formula is C22H23FN2O4. The Balaban J connectivity index is 1.49. The minimum absolute atomic E-state index is 0.0316. The molecule has 2 heterocycles. The fraction of sp³-hybridized carbons (Fsp3) is 0.409. The molecule has 0 unspecified atom stereocenters. The number of rotatable bonds is 2. The lowest BCUT2D eigenvalue weighted by Crippen LogP contribution is -2.37. The molecule has 2 aromatic rings. The van der Waals surface area contributed by atoms with Crippen LogP contribution in [0.2, 0.25) is 0 Å². The van der Waals surface area contributed by atoms with Gasteiger partial charge in [0.15, 0.2) is 11.5 Å². The van der Waals surface area contributed by atoms with Crippen LogP contribution in [0.3, 0.4) is 0 Å². The van der Waals surface area contributed by atoms with Gasteiger partial charge in [-0.25, -0.2) is 4.39 Å². The van der Waals surface area contributed by atoms with Crippen LogP contribution in [0.5, 0.6) is 0 Å². The van der Waals surface area contributed by atoms with Gasteiger partial charge in [0.05, 0.1) is 11.1 Å². The molecule has 4 rings (SSSR count). The van der Waals surface area contributed by atoms with E-state index in [-0.39, 0.29) is 28.9 Å². The Morgan fingerprint density at radius 2 is 1.66 bits per heavy atom. The number of nitrogens with zero attached hydrogens (tertiary/aromatic N) is 2. The largest absolute Gasteiger partial charge is 0.455 e. The average Bonchev–Trinajstić information content (AvgIpc) is 2.89. The van der Waals surface area contributed by atoms with Crippen LogP contribution in [-0.2, 0) is 6.42 Å². The van der Waals surface area contributed by atoms with Crippen LogP contribution in [0.15, 0.2) is 28.7 Å². The fourth-order valence-electron chi connectivity index (χ4n) is 4.12. The van der Waals surface area contributed by atoms with E-state index >= 15 is 0 Å².